The molecule has 1 nitrogen and oxygen atoms in total. The van der Waals surface area contributed by atoms with Crippen molar-refractivity contribution in [3.8, 4) is 0 Å². The first-order valence-corrected chi connectivity index (χ1v) is 3.46. The molecule has 13 heavy (non-hydrogen) atoms. The maximum atomic E-state index is 12.1. The molecule has 0 saturated carbocycles. The zero-order valence-electron chi connectivity index (χ0n) is 6.63. The molecule has 0 aromatic heterocycles. The van der Waals surface area contributed by atoms with Gasteiger partial charge in [0.25, 0.3) is 0 Å². The Hall–Kier alpha value is -0.680. The van der Waals surface area contributed by atoms with Crippen LogP contribution in [0.1, 0.15) is 19.3 Å². The fraction of sp³-hybridized carbons (Fsp3) is 0.714. The maximum absolute atomic E-state index is 12.1. The van der Waals surface area contributed by atoms with Gasteiger partial charge >= 0.3 is 12.1 Å². The van der Waals surface area contributed by atoms with Crippen molar-refractivity contribution in [3.63, 3.8) is 0 Å². The summed E-state index contributed by atoms with van der Waals surface area (Å²) in [6.45, 7) is 3.07. The molecule has 0 aromatic rings. The van der Waals surface area contributed by atoms with Crippen LogP contribution in [0.25, 0.3) is 0 Å². The van der Waals surface area contributed by atoms with Crippen molar-refractivity contribution < 1.29 is 26.7 Å². The molecule has 0 saturated heterocycles. The van der Waals surface area contributed by atoms with E-state index in [4.69, 9.17) is 0 Å². The number of halogens is 5. The zero-order chi connectivity index (χ0) is 10.7. The number of rotatable bonds is 4. The van der Waals surface area contributed by atoms with Crippen LogP contribution in [0, 0.1) is 6.92 Å². The fourth-order valence-electron chi connectivity index (χ4n) is 0.563. The molecular weight excluding hydrogens is 195 g/mol. The Kier molecular flexibility index (Phi) is 3.81. The Morgan fingerprint density at radius 2 is 1.62 bits per heavy atom. The van der Waals surface area contributed by atoms with Gasteiger partial charge in [0.1, 0.15) is 5.78 Å². The summed E-state index contributed by atoms with van der Waals surface area (Å²) in [7, 11) is 0. The summed E-state index contributed by atoms with van der Waals surface area (Å²) in [6.07, 6.45) is -8.14. The molecule has 0 atom stereocenters. The van der Waals surface area contributed by atoms with Crippen LogP contribution < -0.4 is 0 Å². The van der Waals surface area contributed by atoms with E-state index in [1.807, 2.05) is 0 Å². The number of carbonyl (C=O) groups excluding carboxylic acids is 1. The molecule has 1 radical (unpaired) electrons. The topological polar surface area (TPSA) is 17.1 Å². The molecule has 0 amide bonds. The largest absolute Gasteiger partial charge is 0.453 e. The van der Waals surface area contributed by atoms with E-state index in [-0.39, 0.29) is 6.42 Å². The predicted octanol–water partition coefficient (Wildman–Crippen LogP) is 2.76. The van der Waals surface area contributed by atoms with Gasteiger partial charge in [-0.2, -0.15) is 22.0 Å². The lowest BCUT2D eigenvalue weighted by atomic mass is 10.1. The minimum Gasteiger partial charge on any atom is -0.300 e. The van der Waals surface area contributed by atoms with Crippen LogP contribution in [0.2, 0.25) is 0 Å². The highest BCUT2D eigenvalue weighted by Gasteiger charge is 2.56. The third kappa shape index (κ3) is 3.69. The Balaban J connectivity index is 4.12. The van der Waals surface area contributed by atoms with Gasteiger partial charge in [-0.3, -0.25) is 4.79 Å². The molecule has 77 valence electrons. The van der Waals surface area contributed by atoms with Crippen molar-refractivity contribution in [2.24, 2.45) is 0 Å². The summed E-state index contributed by atoms with van der Waals surface area (Å²) in [5.74, 6) is -5.48. The second kappa shape index (κ2) is 4.02. The average Bonchev–Trinajstić information content (AvgIpc) is 1.98. The van der Waals surface area contributed by atoms with Crippen LogP contribution in [0.5, 0.6) is 0 Å². The molecule has 0 aliphatic heterocycles. The minimum atomic E-state index is -5.57. The third-order valence-electron chi connectivity index (χ3n) is 1.41. The normalized spacial score (nSPS) is 13.1. The van der Waals surface area contributed by atoms with Gasteiger partial charge < -0.3 is 0 Å². The first-order chi connectivity index (χ1) is 5.70. The van der Waals surface area contributed by atoms with Gasteiger partial charge in [-0.25, -0.2) is 0 Å². The summed E-state index contributed by atoms with van der Waals surface area (Å²) >= 11 is 0. The van der Waals surface area contributed by atoms with Crippen LogP contribution in [0.15, 0.2) is 0 Å². The van der Waals surface area contributed by atoms with E-state index in [0.717, 1.165) is 0 Å². The highest BCUT2D eigenvalue weighted by Crippen LogP contribution is 2.38. The van der Waals surface area contributed by atoms with Gasteiger partial charge in [0, 0.05) is 19.3 Å². The van der Waals surface area contributed by atoms with Crippen LogP contribution in [-0.2, 0) is 4.79 Å². The molecule has 0 heterocycles. The smallest absolute Gasteiger partial charge is 0.300 e. The van der Waals surface area contributed by atoms with Crippen molar-refractivity contribution in [3.05, 3.63) is 6.92 Å². The average molecular weight is 203 g/mol. The molecule has 0 aromatic carbocycles. The molecule has 0 aliphatic carbocycles. The molecule has 6 heteroatoms. The first-order valence-electron chi connectivity index (χ1n) is 3.46. The quantitative estimate of drug-likeness (QED) is 0.642. The number of hydrogen-bond acceptors (Lipinski definition) is 1. The van der Waals surface area contributed by atoms with Gasteiger partial charge in [0.05, 0.1) is 0 Å². The number of ketones is 1. The summed E-state index contributed by atoms with van der Waals surface area (Å²) in [5, 5.41) is 0. The van der Waals surface area contributed by atoms with Crippen molar-refractivity contribution in [2.45, 2.75) is 31.4 Å². The van der Waals surface area contributed by atoms with Crippen molar-refractivity contribution in [1.82, 2.24) is 0 Å². The monoisotopic (exact) mass is 203 g/mol. The second-order valence-corrected chi connectivity index (χ2v) is 2.49. The van der Waals surface area contributed by atoms with Crippen LogP contribution in [0.4, 0.5) is 22.0 Å². The highest BCUT2D eigenvalue weighted by molar-refractivity contribution is 5.78. The van der Waals surface area contributed by atoms with Gasteiger partial charge in [-0.15, -0.1) is 0 Å². The highest BCUT2D eigenvalue weighted by atomic mass is 19.4. The predicted molar refractivity (Wildman–Crippen MR) is 35.2 cm³/mol. The van der Waals surface area contributed by atoms with Gasteiger partial charge in [-0.1, -0.05) is 0 Å². The number of carbonyl (C=O) groups is 1. The Labute approximate surface area is 71.9 Å². The first kappa shape index (κ1) is 12.3. The standard InChI is InChI=1S/C7H8F5O/c1-2-5(13)3-4-6(8,9)7(10,11)12/h1-4H2. The van der Waals surface area contributed by atoms with Gasteiger partial charge in [0.15, 0.2) is 0 Å². The van der Waals surface area contributed by atoms with Gasteiger partial charge in [0.2, 0.25) is 0 Å². The van der Waals surface area contributed by atoms with Crippen molar-refractivity contribution in [1.29, 1.82) is 0 Å². The van der Waals surface area contributed by atoms with Crippen LogP contribution in [-0.4, -0.2) is 17.9 Å². The molecule has 0 unspecified atom stereocenters. The Bertz CT molecular complexity index is 184. The van der Waals surface area contributed by atoms with Gasteiger partial charge in [-0.05, 0) is 6.92 Å². The lowest BCUT2D eigenvalue weighted by Crippen LogP contribution is -2.36. The minimum absolute atomic E-state index is 0.270. The van der Waals surface area contributed by atoms with E-state index in [0.29, 0.717) is 0 Å². The van der Waals surface area contributed by atoms with E-state index in [1.54, 1.807) is 0 Å². The molecule has 0 rings (SSSR count). The zero-order valence-corrected chi connectivity index (χ0v) is 6.63. The summed E-state index contributed by atoms with van der Waals surface area (Å²) in [6, 6.07) is 0. The van der Waals surface area contributed by atoms with E-state index >= 15 is 0 Å². The molecule has 0 spiro atoms. The number of hydrogen-bond donors (Lipinski definition) is 0. The molecule has 0 aliphatic rings. The van der Waals surface area contributed by atoms with Crippen LogP contribution in [0.3, 0.4) is 0 Å². The summed E-state index contributed by atoms with van der Waals surface area (Å²) in [4.78, 5) is 10.4. The molecule has 0 N–H and O–H groups in total. The third-order valence-corrected chi connectivity index (χ3v) is 1.41. The Morgan fingerprint density at radius 1 is 1.15 bits per heavy atom. The van der Waals surface area contributed by atoms with Crippen molar-refractivity contribution >= 4 is 5.78 Å². The lowest BCUT2D eigenvalue weighted by molar-refractivity contribution is -0.284. The van der Waals surface area contributed by atoms with E-state index in [2.05, 4.69) is 6.92 Å². The molecular formula is C7H8F5O. The maximum Gasteiger partial charge on any atom is 0.453 e. The Morgan fingerprint density at radius 3 is 1.92 bits per heavy atom. The number of Topliss-reactive ketones (excluding diaryl/α,β-unsaturated/α-hetero) is 1. The molecule has 0 fully saturated rings. The summed E-state index contributed by atoms with van der Waals surface area (Å²) in [5.41, 5.74) is 0. The SMILES string of the molecule is [CH2]CC(=O)CCC(F)(F)C(F)(F)F. The second-order valence-electron chi connectivity index (χ2n) is 2.49. The fourth-order valence-corrected chi connectivity index (χ4v) is 0.563. The van der Waals surface area contributed by atoms with Crippen LogP contribution >= 0.6 is 0 Å². The van der Waals surface area contributed by atoms with E-state index < -0.39 is 30.7 Å². The van der Waals surface area contributed by atoms with E-state index in [9.17, 15) is 26.7 Å². The summed E-state index contributed by atoms with van der Waals surface area (Å²) < 4.78 is 58.8. The number of alkyl halides is 5. The van der Waals surface area contributed by atoms with E-state index in [1.165, 1.54) is 0 Å². The van der Waals surface area contributed by atoms with Crippen molar-refractivity contribution in [2.75, 3.05) is 0 Å². The molecule has 0 bridgehead atoms. The lowest BCUT2D eigenvalue weighted by Gasteiger charge is -2.18.